The topological polar surface area (TPSA) is 99.1 Å². The highest BCUT2D eigenvalue weighted by atomic mass is 32.2. The lowest BCUT2D eigenvalue weighted by atomic mass is 10.0. The fourth-order valence-electron chi connectivity index (χ4n) is 1.65. The molecule has 1 saturated heterocycles. The summed E-state index contributed by atoms with van der Waals surface area (Å²) in [5.74, 6) is 0.793. The van der Waals surface area contributed by atoms with E-state index in [0.717, 1.165) is 0 Å². The van der Waals surface area contributed by atoms with Crippen molar-refractivity contribution in [3.8, 4) is 0 Å². The SMILES string of the molecule is CCc1nc(C2(N)CCS(=O)(=O)C2)no1. The van der Waals surface area contributed by atoms with Gasteiger partial charge in [-0.3, -0.25) is 0 Å². The third-order valence-corrected chi connectivity index (χ3v) is 4.33. The first-order chi connectivity index (χ1) is 6.95. The van der Waals surface area contributed by atoms with Gasteiger partial charge in [-0.1, -0.05) is 12.1 Å². The van der Waals surface area contributed by atoms with E-state index in [9.17, 15) is 8.42 Å². The lowest BCUT2D eigenvalue weighted by Crippen LogP contribution is -2.39. The molecule has 1 aliphatic heterocycles. The van der Waals surface area contributed by atoms with E-state index in [0.29, 0.717) is 24.6 Å². The van der Waals surface area contributed by atoms with E-state index >= 15 is 0 Å². The van der Waals surface area contributed by atoms with Gasteiger partial charge in [0.25, 0.3) is 0 Å². The lowest BCUT2D eigenvalue weighted by molar-refractivity contribution is 0.359. The average molecular weight is 231 g/mol. The predicted octanol–water partition coefficient (Wildman–Crippen LogP) is -0.395. The first-order valence-corrected chi connectivity index (χ1v) is 6.60. The van der Waals surface area contributed by atoms with Gasteiger partial charge in [-0.05, 0) is 6.42 Å². The Morgan fingerprint density at radius 3 is 2.80 bits per heavy atom. The zero-order valence-corrected chi connectivity index (χ0v) is 9.25. The summed E-state index contributed by atoms with van der Waals surface area (Å²) in [6.45, 7) is 1.88. The molecule has 1 unspecified atom stereocenters. The zero-order chi connectivity index (χ0) is 11.1. The third kappa shape index (κ3) is 1.89. The normalized spacial score (nSPS) is 29.5. The van der Waals surface area contributed by atoms with Gasteiger partial charge in [0.05, 0.1) is 17.0 Å². The van der Waals surface area contributed by atoms with Gasteiger partial charge in [0.1, 0.15) is 0 Å². The highest BCUT2D eigenvalue weighted by Gasteiger charge is 2.43. The van der Waals surface area contributed by atoms with Gasteiger partial charge < -0.3 is 10.3 Å². The summed E-state index contributed by atoms with van der Waals surface area (Å²) < 4.78 is 27.6. The molecular formula is C8H13N3O3S. The maximum Gasteiger partial charge on any atom is 0.226 e. The molecule has 0 radical (unpaired) electrons. The first kappa shape index (κ1) is 10.6. The molecule has 2 heterocycles. The Labute approximate surface area is 87.8 Å². The molecule has 0 bridgehead atoms. The summed E-state index contributed by atoms with van der Waals surface area (Å²) in [5.41, 5.74) is 5.00. The van der Waals surface area contributed by atoms with Crippen LogP contribution < -0.4 is 5.73 Å². The van der Waals surface area contributed by atoms with E-state index in [2.05, 4.69) is 10.1 Å². The molecule has 1 aromatic rings. The molecule has 2 rings (SSSR count). The Kier molecular flexibility index (Phi) is 2.31. The number of rotatable bonds is 2. The fourth-order valence-corrected chi connectivity index (χ4v) is 3.53. The van der Waals surface area contributed by atoms with E-state index < -0.39 is 15.4 Å². The Balaban J connectivity index is 2.31. The second kappa shape index (κ2) is 3.28. The monoisotopic (exact) mass is 231 g/mol. The van der Waals surface area contributed by atoms with Crippen molar-refractivity contribution in [2.45, 2.75) is 25.3 Å². The largest absolute Gasteiger partial charge is 0.339 e. The Bertz CT molecular complexity index is 467. The minimum absolute atomic E-state index is 0.0946. The van der Waals surface area contributed by atoms with Crippen molar-refractivity contribution < 1.29 is 12.9 Å². The summed E-state index contributed by atoms with van der Waals surface area (Å²) in [7, 11) is -3.05. The number of aromatic nitrogens is 2. The van der Waals surface area contributed by atoms with Crippen LogP contribution in [0.25, 0.3) is 0 Å². The van der Waals surface area contributed by atoms with Gasteiger partial charge in [0.2, 0.25) is 5.89 Å². The van der Waals surface area contributed by atoms with Gasteiger partial charge in [-0.15, -0.1) is 0 Å². The minimum atomic E-state index is -3.05. The summed E-state index contributed by atoms with van der Waals surface area (Å²) in [4.78, 5) is 4.08. The van der Waals surface area contributed by atoms with Crippen LogP contribution >= 0.6 is 0 Å². The summed E-state index contributed by atoms with van der Waals surface area (Å²) >= 11 is 0. The number of aryl methyl sites for hydroxylation is 1. The van der Waals surface area contributed by atoms with Gasteiger partial charge in [-0.2, -0.15) is 4.98 Å². The van der Waals surface area contributed by atoms with Gasteiger partial charge in [0.15, 0.2) is 15.7 Å². The van der Waals surface area contributed by atoms with Crippen LogP contribution in [0.1, 0.15) is 25.1 Å². The smallest absolute Gasteiger partial charge is 0.226 e. The van der Waals surface area contributed by atoms with Crippen molar-refractivity contribution in [3.63, 3.8) is 0 Å². The quantitative estimate of drug-likeness (QED) is 0.743. The van der Waals surface area contributed by atoms with Crippen LogP contribution in [0.15, 0.2) is 4.52 Å². The Morgan fingerprint density at radius 1 is 1.60 bits per heavy atom. The molecule has 0 spiro atoms. The second-order valence-corrected chi connectivity index (χ2v) is 6.05. The van der Waals surface area contributed by atoms with Crippen molar-refractivity contribution in [3.05, 3.63) is 11.7 Å². The fraction of sp³-hybridized carbons (Fsp3) is 0.750. The lowest BCUT2D eigenvalue weighted by Gasteiger charge is -2.16. The molecule has 84 valence electrons. The molecule has 1 atom stereocenters. The molecule has 0 saturated carbocycles. The summed E-state index contributed by atoms with van der Waals surface area (Å²) in [6.07, 6.45) is 0.980. The molecule has 7 heteroatoms. The van der Waals surface area contributed by atoms with E-state index in [-0.39, 0.29) is 11.5 Å². The predicted molar refractivity (Wildman–Crippen MR) is 52.8 cm³/mol. The van der Waals surface area contributed by atoms with Crippen molar-refractivity contribution in [2.24, 2.45) is 5.73 Å². The molecule has 1 fully saturated rings. The second-order valence-electron chi connectivity index (χ2n) is 3.86. The number of hydrogen-bond acceptors (Lipinski definition) is 6. The van der Waals surface area contributed by atoms with Crippen LogP contribution in [0.2, 0.25) is 0 Å². The highest BCUT2D eigenvalue weighted by molar-refractivity contribution is 7.91. The Hall–Kier alpha value is -0.950. The van der Waals surface area contributed by atoms with E-state index in [1.54, 1.807) is 0 Å². The van der Waals surface area contributed by atoms with Crippen LogP contribution in [0.3, 0.4) is 0 Å². The van der Waals surface area contributed by atoms with Crippen molar-refractivity contribution in [1.82, 2.24) is 10.1 Å². The molecule has 0 aromatic carbocycles. The number of sulfone groups is 1. The van der Waals surface area contributed by atoms with Crippen molar-refractivity contribution in [2.75, 3.05) is 11.5 Å². The minimum Gasteiger partial charge on any atom is -0.339 e. The third-order valence-electron chi connectivity index (χ3n) is 2.55. The maximum absolute atomic E-state index is 11.3. The van der Waals surface area contributed by atoms with Crippen molar-refractivity contribution in [1.29, 1.82) is 0 Å². The van der Waals surface area contributed by atoms with Crippen molar-refractivity contribution >= 4 is 9.84 Å². The molecule has 1 aromatic heterocycles. The van der Waals surface area contributed by atoms with Gasteiger partial charge in [0, 0.05) is 6.42 Å². The van der Waals surface area contributed by atoms with Gasteiger partial charge >= 0.3 is 0 Å². The van der Waals surface area contributed by atoms with Crippen LogP contribution in [-0.2, 0) is 21.8 Å². The molecule has 0 aliphatic carbocycles. The summed E-state index contributed by atoms with van der Waals surface area (Å²) in [6, 6.07) is 0. The van der Waals surface area contributed by atoms with Gasteiger partial charge in [-0.25, -0.2) is 8.42 Å². The maximum atomic E-state index is 11.3. The van der Waals surface area contributed by atoms with E-state index in [4.69, 9.17) is 10.3 Å². The standard InChI is InChI=1S/C8H13N3O3S/c1-2-6-10-7(11-14-6)8(9)3-4-15(12,13)5-8/h2-5,9H2,1H3. The van der Waals surface area contributed by atoms with E-state index in [1.807, 2.05) is 6.92 Å². The van der Waals surface area contributed by atoms with E-state index in [1.165, 1.54) is 0 Å². The highest BCUT2D eigenvalue weighted by Crippen LogP contribution is 2.29. The number of hydrogen-bond donors (Lipinski definition) is 1. The molecule has 1 aliphatic rings. The average Bonchev–Trinajstić information content (AvgIpc) is 2.71. The number of nitrogens with two attached hydrogens (primary N) is 1. The first-order valence-electron chi connectivity index (χ1n) is 4.77. The van der Waals surface area contributed by atoms with Crippen LogP contribution in [-0.4, -0.2) is 30.1 Å². The van der Waals surface area contributed by atoms with Crippen LogP contribution in [0.5, 0.6) is 0 Å². The molecule has 0 amide bonds. The summed E-state index contributed by atoms with van der Waals surface area (Å²) in [5, 5.41) is 3.73. The number of nitrogens with zero attached hydrogens (tertiary/aromatic N) is 2. The zero-order valence-electron chi connectivity index (χ0n) is 8.43. The van der Waals surface area contributed by atoms with Crippen LogP contribution in [0, 0.1) is 0 Å². The molecule has 6 nitrogen and oxygen atoms in total. The molecule has 15 heavy (non-hydrogen) atoms. The Morgan fingerprint density at radius 2 is 2.33 bits per heavy atom. The molecule has 2 N–H and O–H groups in total. The van der Waals surface area contributed by atoms with Crippen LogP contribution in [0.4, 0.5) is 0 Å². The molecular weight excluding hydrogens is 218 g/mol.